The summed E-state index contributed by atoms with van der Waals surface area (Å²) in [6.07, 6.45) is 3.90. The van der Waals surface area contributed by atoms with Crippen LogP contribution in [0.5, 0.6) is 11.5 Å². The van der Waals surface area contributed by atoms with Crippen LogP contribution in [-0.4, -0.2) is 31.7 Å². The van der Waals surface area contributed by atoms with E-state index in [-0.39, 0.29) is 5.91 Å². The fourth-order valence-electron chi connectivity index (χ4n) is 3.03. The lowest BCUT2D eigenvalue weighted by atomic mass is 10.1. The normalized spacial score (nSPS) is 10.7. The molecule has 1 aromatic heterocycles. The molecule has 0 fully saturated rings. The first-order valence-corrected chi connectivity index (χ1v) is 8.73. The Balaban J connectivity index is 1.49. The highest BCUT2D eigenvalue weighted by molar-refractivity contribution is 5.83. The van der Waals surface area contributed by atoms with Crippen LogP contribution in [0, 0.1) is 0 Å². The molecule has 5 nitrogen and oxygen atoms in total. The third-order valence-corrected chi connectivity index (χ3v) is 4.44. The van der Waals surface area contributed by atoms with E-state index in [9.17, 15) is 4.79 Å². The highest BCUT2D eigenvalue weighted by atomic mass is 16.5. The molecule has 0 aliphatic carbocycles. The number of rotatable bonds is 8. The Hall–Kier alpha value is -2.95. The number of hydrogen-bond acceptors (Lipinski definition) is 3. The van der Waals surface area contributed by atoms with Gasteiger partial charge in [-0.3, -0.25) is 4.79 Å². The molecule has 3 aromatic rings. The molecule has 2 N–H and O–H groups in total. The molecule has 0 atom stereocenters. The van der Waals surface area contributed by atoms with E-state index >= 15 is 0 Å². The van der Waals surface area contributed by atoms with Crippen molar-refractivity contribution in [2.75, 3.05) is 20.8 Å². The maximum Gasteiger partial charge on any atom is 0.220 e. The average molecular weight is 352 g/mol. The maximum absolute atomic E-state index is 12.1. The second-order valence-electron chi connectivity index (χ2n) is 6.18. The number of methoxy groups -OCH3 is 2. The highest BCUT2D eigenvalue weighted by Crippen LogP contribution is 2.23. The molecule has 3 rings (SSSR count). The zero-order valence-electron chi connectivity index (χ0n) is 15.2. The van der Waals surface area contributed by atoms with E-state index in [1.165, 1.54) is 10.9 Å². The van der Waals surface area contributed by atoms with Gasteiger partial charge in [-0.15, -0.1) is 0 Å². The summed E-state index contributed by atoms with van der Waals surface area (Å²) in [5, 5.41) is 4.21. The van der Waals surface area contributed by atoms with Crippen LogP contribution in [0.3, 0.4) is 0 Å². The van der Waals surface area contributed by atoms with Crippen molar-refractivity contribution in [3.05, 3.63) is 59.8 Å². The van der Waals surface area contributed by atoms with E-state index in [1.54, 1.807) is 14.2 Å². The van der Waals surface area contributed by atoms with Gasteiger partial charge in [-0.2, -0.15) is 0 Å². The molecule has 5 heteroatoms. The van der Waals surface area contributed by atoms with Gasteiger partial charge >= 0.3 is 0 Å². The number of amides is 1. The smallest absolute Gasteiger partial charge is 0.220 e. The SMILES string of the molecule is COc1cc(CCC(=O)NCCc2c[nH]c3ccccc23)cc(OC)c1. The molecule has 2 aromatic carbocycles. The molecule has 1 heterocycles. The number of carbonyl (C=O) groups excluding carboxylic acids is 1. The van der Waals surface area contributed by atoms with Crippen molar-refractivity contribution in [1.82, 2.24) is 10.3 Å². The van der Waals surface area contributed by atoms with Gasteiger partial charge in [0.25, 0.3) is 0 Å². The van der Waals surface area contributed by atoms with Crippen molar-refractivity contribution in [2.24, 2.45) is 0 Å². The number of carbonyl (C=O) groups is 1. The molecule has 26 heavy (non-hydrogen) atoms. The van der Waals surface area contributed by atoms with E-state index in [2.05, 4.69) is 22.4 Å². The van der Waals surface area contributed by atoms with Crippen LogP contribution in [0.1, 0.15) is 17.5 Å². The van der Waals surface area contributed by atoms with Crippen molar-refractivity contribution in [2.45, 2.75) is 19.3 Å². The molecular weight excluding hydrogens is 328 g/mol. The Morgan fingerprint density at radius 3 is 2.50 bits per heavy atom. The molecule has 0 saturated carbocycles. The molecule has 0 radical (unpaired) electrons. The molecule has 1 amide bonds. The number of nitrogens with one attached hydrogen (secondary N) is 2. The van der Waals surface area contributed by atoms with Crippen LogP contribution in [0.4, 0.5) is 0 Å². The number of H-pyrrole nitrogens is 1. The standard InChI is InChI=1S/C21H24N2O3/c1-25-17-11-15(12-18(13-17)26-2)7-8-21(24)22-10-9-16-14-23-20-6-4-3-5-19(16)20/h3-6,11-14,23H,7-10H2,1-2H3,(H,22,24). The Bertz CT molecular complexity index is 864. The zero-order valence-corrected chi connectivity index (χ0v) is 15.2. The number of fused-ring (bicyclic) bond motifs is 1. The van der Waals surface area contributed by atoms with Gasteiger partial charge in [0.2, 0.25) is 5.91 Å². The van der Waals surface area contributed by atoms with Gasteiger partial charge in [-0.05, 0) is 42.2 Å². The number of benzene rings is 2. The van der Waals surface area contributed by atoms with E-state index < -0.39 is 0 Å². The lowest BCUT2D eigenvalue weighted by molar-refractivity contribution is -0.121. The zero-order chi connectivity index (χ0) is 18.4. The molecule has 0 aliphatic heterocycles. The quantitative estimate of drug-likeness (QED) is 0.652. The fourth-order valence-corrected chi connectivity index (χ4v) is 3.03. The number of aromatic nitrogens is 1. The number of para-hydroxylation sites is 1. The summed E-state index contributed by atoms with van der Waals surface area (Å²) in [4.78, 5) is 15.4. The third kappa shape index (κ3) is 4.36. The summed E-state index contributed by atoms with van der Waals surface area (Å²) >= 11 is 0. The second kappa shape index (κ2) is 8.43. The van der Waals surface area contributed by atoms with Crippen LogP contribution in [0.15, 0.2) is 48.7 Å². The van der Waals surface area contributed by atoms with Gasteiger partial charge in [-0.1, -0.05) is 18.2 Å². The summed E-state index contributed by atoms with van der Waals surface area (Å²) in [5.74, 6) is 1.52. The molecule has 0 saturated heterocycles. The minimum absolute atomic E-state index is 0.0478. The van der Waals surface area contributed by atoms with Crippen molar-refractivity contribution < 1.29 is 14.3 Å². The summed E-state index contributed by atoms with van der Waals surface area (Å²) in [6.45, 7) is 0.627. The van der Waals surface area contributed by atoms with Gasteiger partial charge < -0.3 is 19.8 Å². The Morgan fingerprint density at radius 1 is 1.04 bits per heavy atom. The van der Waals surface area contributed by atoms with Crippen molar-refractivity contribution in [3.8, 4) is 11.5 Å². The molecule has 136 valence electrons. The third-order valence-electron chi connectivity index (χ3n) is 4.44. The lowest BCUT2D eigenvalue weighted by Gasteiger charge is -2.09. The van der Waals surface area contributed by atoms with E-state index in [0.717, 1.165) is 29.0 Å². The highest BCUT2D eigenvalue weighted by Gasteiger charge is 2.07. The Morgan fingerprint density at radius 2 is 1.77 bits per heavy atom. The van der Waals surface area contributed by atoms with Crippen LogP contribution in [-0.2, 0) is 17.6 Å². The lowest BCUT2D eigenvalue weighted by Crippen LogP contribution is -2.25. The van der Waals surface area contributed by atoms with E-state index in [4.69, 9.17) is 9.47 Å². The maximum atomic E-state index is 12.1. The monoisotopic (exact) mass is 352 g/mol. The van der Waals surface area contributed by atoms with E-state index in [0.29, 0.717) is 19.4 Å². The van der Waals surface area contributed by atoms with Crippen LogP contribution >= 0.6 is 0 Å². The van der Waals surface area contributed by atoms with Crippen molar-refractivity contribution >= 4 is 16.8 Å². The summed E-state index contributed by atoms with van der Waals surface area (Å²) in [6, 6.07) is 13.9. The van der Waals surface area contributed by atoms with E-state index in [1.807, 2.05) is 36.5 Å². The largest absolute Gasteiger partial charge is 0.497 e. The number of aromatic amines is 1. The van der Waals surface area contributed by atoms with Crippen LogP contribution in [0.2, 0.25) is 0 Å². The predicted octanol–water partition coefficient (Wildman–Crippen LogP) is 3.48. The van der Waals surface area contributed by atoms with Gasteiger partial charge in [0.1, 0.15) is 11.5 Å². The van der Waals surface area contributed by atoms with Gasteiger partial charge in [0.15, 0.2) is 0 Å². The molecule has 0 aliphatic rings. The topological polar surface area (TPSA) is 63.3 Å². The van der Waals surface area contributed by atoms with Gasteiger partial charge in [0.05, 0.1) is 14.2 Å². The van der Waals surface area contributed by atoms with Crippen LogP contribution < -0.4 is 14.8 Å². The fraction of sp³-hybridized carbons (Fsp3) is 0.286. The minimum atomic E-state index is 0.0478. The summed E-state index contributed by atoms with van der Waals surface area (Å²) in [5.41, 5.74) is 3.37. The average Bonchev–Trinajstić information content (AvgIpc) is 3.09. The first-order valence-electron chi connectivity index (χ1n) is 8.73. The minimum Gasteiger partial charge on any atom is -0.497 e. The predicted molar refractivity (Wildman–Crippen MR) is 103 cm³/mol. The number of ether oxygens (including phenoxy) is 2. The van der Waals surface area contributed by atoms with Crippen molar-refractivity contribution in [1.29, 1.82) is 0 Å². The summed E-state index contributed by atoms with van der Waals surface area (Å²) in [7, 11) is 3.24. The molecule has 0 bridgehead atoms. The Labute approximate surface area is 153 Å². The Kier molecular flexibility index (Phi) is 5.79. The second-order valence-corrected chi connectivity index (χ2v) is 6.18. The molecular formula is C21H24N2O3. The number of aryl methyl sites for hydroxylation is 1. The van der Waals surface area contributed by atoms with Gasteiger partial charge in [-0.25, -0.2) is 0 Å². The molecule has 0 spiro atoms. The van der Waals surface area contributed by atoms with Crippen molar-refractivity contribution in [3.63, 3.8) is 0 Å². The van der Waals surface area contributed by atoms with Crippen LogP contribution in [0.25, 0.3) is 10.9 Å². The first-order chi connectivity index (χ1) is 12.7. The summed E-state index contributed by atoms with van der Waals surface area (Å²) < 4.78 is 10.5. The number of hydrogen-bond donors (Lipinski definition) is 2. The first kappa shape index (κ1) is 17.9. The van der Waals surface area contributed by atoms with Gasteiger partial charge in [0, 0.05) is 36.1 Å². The molecule has 0 unspecified atom stereocenters.